The standard InChI is InChI=1S/C24H21BrClN3O2/c1-3-4-5-23-28-21-10-7-16(25)12-20(21)24(30)29(23)27-14-18-9-11-22(31-18)19-13-17(26)8-6-15(19)2/h6-14H,3-5H2,1-2H3. The van der Waals surface area contributed by atoms with Crippen molar-refractivity contribution in [3.05, 3.63) is 85.5 Å². The number of rotatable bonds is 6. The van der Waals surface area contributed by atoms with Gasteiger partial charge in [0, 0.05) is 21.5 Å². The van der Waals surface area contributed by atoms with Crippen LogP contribution in [0, 0.1) is 6.92 Å². The number of aryl methyl sites for hydroxylation is 2. The minimum Gasteiger partial charge on any atom is -0.455 e. The van der Waals surface area contributed by atoms with Gasteiger partial charge in [0.2, 0.25) is 0 Å². The Morgan fingerprint density at radius 3 is 2.84 bits per heavy atom. The molecule has 158 valence electrons. The predicted molar refractivity (Wildman–Crippen MR) is 129 cm³/mol. The summed E-state index contributed by atoms with van der Waals surface area (Å²) in [5.41, 5.74) is 2.45. The fourth-order valence-corrected chi connectivity index (χ4v) is 3.89. The third-order valence-corrected chi connectivity index (χ3v) is 5.75. The van der Waals surface area contributed by atoms with Crippen LogP contribution in [-0.2, 0) is 6.42 Å². The van der Waals surface area contributed by atoms with E-state index < -0.39 is 0 Å². The molecule has 0 aliphatic rings. The normalized spacial score (nSPS) is 11.6. The van der Waals surface area contributed by atoms with Crippen molar-refractivity contribution < 1.29 is 4.42 Å². The lowest BCUT2D eigenvalue weighted by Crippen LogP contribution is -2.22. The van der Waals surface area contributed by atoms with Crippen LogP contribution in [0.3, 0.4) is 0 Å². The molecule has 7 heteroatoms. The summed E-state index contributed by atoms with van der Waals surface area (Å²) in [5, 5.41) is 5.60. The molecular weight excluding hydrogens is 478 g/mol. The molecule has 0 amide bonds. The van der Waals surface area contributed by atoms with E-state index in [0.29, 0.717) is 39.7 Å². The Balaban J connectivity index is 1.74. The molecule has 2 aromatic carbocycles. The number of hydrogen-bond donors (Lipinski definition) is 0. The highest BCUT2D eigenvalue weighted by Crippen LogP contribution is 2.28. The fraction of sp³-hybridized carbons (Fsp3) is 0.208. The van der Waals surface area contributed by atoms with Gasteiger partial charge in [0.1, 0.15) is 17.3 Å². The molecule has 4 rings (SSSR count). The average molecular weight is 499 g/mol. The maximum absolute atomic E-state index is 13.1. The number of furan rings is 1. The summed E-state index contributed by atoms with van der Waals surface area (Å²) in [6, 6.07) is 14.9. The fourth-order valence-electron chi connectivity index (χ4n) is 3.35. The van der Waals surface area contributed by atoms with Gasteiger partial charge in [-0.3, -0.25) is 4.79 Å². The summed E-state index contributed by atoms with van der Waals surface area (Å²) in [6.07, 6.45) is 4.13. The lowest BCUT2D eigenvalue weighted by Gasteiger charge is -2.09. The molecule has 0 aliphatic heterocycles. The number of fused-ring (bicyclic) bond motifs is 1. The largest absolute Gasteiger partial charge is 0.455 e. The van der Waals surface area contributed by atoms with E-state index >= 15 is 0 Å². The Kier molecular flexibility index (Phi) is 6.39. The molecule has 4 aromatic rings. The second kappa shape index (κ2) is 9.20. The molecule has 0 aliphatic carbocycles. The maximum Gasteiger partial charge on any atom is 0.282 e. The van der Waals surface area contributed by atoms with Crippen molar-refractivity contribution in [3.63, 3.8) is 0 Å². The topological polar surface area (TPSA) is 60.4 Å². The first kappa shape index (κ1) is 21.5. The SMILES string of the molecule is CCCCc1nc2ccc(Br)cc2c(=O)n1N=Cc1ccc(-c2cc(Cl)ccc2C)o1. The van der Waals surface area contributed by atoms with Crippen molar-refractivity contribution in [2.24, 2.45) is 5.10 Å². The summed E-state index contributed by atoms with van der Waals surface area (Å²) in [5.74, 6) is 1.87. The first-order valence-electron chi connectivity index (χ1n) is 10.1. The van der Waals surface area contributed by atoms with Gasteiger partial charge in [-0.05, 0) is 61.4 Å². The lowest BCUT2D eigenvalue weighted by molar-refractivity contribution is 0.573. The van der Waals surface area contributed by atoms with Crippen molar-refractivity contribution >= 4 is 44.6 Å². The second-order valence-electron chi connectivity index (χ2n) is 7.32. The zero-order valence-corrected chi connectivity index (χ0v) is 19.6. The van der Waals surface area contributed by atoms with E-state index in [0.717, 1.165) is 28.4 Å². The molecule has 0 bridgehead atoms. The van der Waals surface area contributed by atoms with E-state index in [1.54, 1.807) is 12.3 Å². The highest BCUT2D eigenvalue weighted by Gasteiger charge is 2.12. The number of halogens is 2. The lowest BCUT2D eigenvalue weighted by atomic mass is 10.1. The van der Waals surface area contributed by atoms with Gasteiger partial charge in [-0.15, -0.1) is 0 Å². The first-order chi connectivity index (χ1) is 15.0. The highest BCUT2D eigenvalue weighted by atomic mass is 79.9. The summed E-state index contributed by atoms with van der Waals surface area (Å²) in [7, 11) is 0. The number of nitrogens with zero attached hydrogens (tertiary/aromatic N) is 3. The molecule has 0 radical (unpaired) electrons. The molecule has 0 atom stereocenters. The van der Waals surface area contributed by atoms with Gasteiger partial charge in [-0.1, -0.05) is 46.9 Å². The van der Waals surface area contributed by atoms with Crippen molar-refractivity contribution in [2.45, 2.75) is 33.1 Å². The van der Waals surface area contributed by atoms with Crippen LogP contribution in [-0.4, -0.2) is 15.9 Å². The van der Waals surface area contributed by atoms with Gasteiger partial charge in [-0.2, -0.15) is 9.78 Å². The molecule has 2 aromatic heterocycles. The van der Waals surface area contributed by atoms with Crippen molar-refractivity contribution in [1.82, 2.24) is 9.66 Å². The van der Waals surface area contributed by atoms with Gasteiger partial charge in [0.25, 0.3) is 5.56 Å². The van der Waals surface area contributed by atoms with Crippen LogP contribution in [0.4, 0.5) is 0 Å². The first-order valence-corrected chi connectivity index (χ1v) is 11.3. The molecular formula is C24H21BrClN3O2. The van der Waals surface area contributed by atoms with Gasteiger partial charge < -0.3 is 4.42 Å². The second-order valence-corrected chi connectivity index (χ2v) is 8.67. The van der Waals surface area contributed by atoms with Crippen LogP contribution in [0.2, 0.25) is 5.02 Å². The zero-order valence-electron chi connectivity index (χ0n) is 17.2. The monoisotopic (exact) mass is 497 g/mol. The number of unbranched alkanes of at least 4 members (excludes halogenated alkanes) is 1. The molecule has 5 nitrogen and oxygen atoms in total. The molecule has 2 heterocycles. The third-order valence-electron chi connectivity index (χ3n) is 5.02. The molecule has 0 saturated heterocycles. The summed E-state index contributed by atoms with van der Waals surface area (Å²) in [4.78, 5) is 17.8. The molecule has 0 fully saturated rings. The van der Waals surface area contributed by atoms with Gasteiger partial charge in [0.15, 0.2) is 0 Å². The molecule has 31 heavy (non-hydrogen) atoms. The number of benzene rings is 2. The minimum absolute atomic E-state index is 0.203. The van der Waals surface area contributed by atoms with Crippen molar-refractivity contribution in [1.29, 1.82) is 0 Å². The quantitative estimate of drug-likeness (QED) is 0.281. The summed E-state index contributed by atoms with van der Waals surface area (Å²) >= 11 is 9.56. The van der Waals surface area contributed by atoms with E-state index in [1.807, 2.05) is 49.4 Å². The molecule has 0 unspecified atom stereocenters. The van der Waals surface area contributed by atoms with E-state index in [9.17, 15) is 4.79 Å². The van der Waals surface area contributed by atoms with Crippen LogP contribution >= 0.6 is 27.5 Å². The summed E-state index contributed by atoms with van der Waals surface area (Å²) < 4.78 is 8.14. The maximum atomic E-state index is 13.1. The Labute approximate surface area is 193 Å². The zero-order chi connectivity index (χ0) is 22.0. The average Bonchev–Trinajstić information content (AvgIpc) is 3.22. The Morgan fingerprint density at radius 2 is 2.03 bits per heavy atom. The van der Waals surface area contributed by atoms with Crippen molar-refractivity contribution in [3.8, 4) is 11.3 Å². The third kappa shape index (κ3) is 4.65. The van der Waals surface area contributed by atoms with Crippen molar-refractivity contribution in [2.75, 3.05) is 0 Å². The van der Waals surface area contributed by atoms with Crippen LogP contribution in [0.25, 0.3) is 22.2 Å². The van der Waals surface area contributed by atoms with Crippen LogP contribution in [0.1, 0.15) is 36.9 Å². The highest BCUT2D eigenvalue weighted by molar-refractivity contribution is 9.10. The van der Waals surface area contributed by atoms with Crippen LogP contribution in [0.15, 0.2) is 67.3 Å². The molecule has 0 saturated carbocycles. The minimum atomic E-state index is -0.203. The van der Waals surface area contributed by atoms with Gasteiger partial charge in [0.05, 0.1) is 17.1 Å². The number of aromatic nitrogens is 2. The van der Waals surface area contributed by atoms with Crippen LogP contribution in [0.5, 0.6) is 0 Å². The predicted octanol–water partition coefficient (Wildman–Crippen LogP) is 6.61. The molecule has 0 spiro atoms. The molecule has 0 N–H and O–H groups in total. The number of hydrogen-bond acceptors (Lipinski definition) is 4. The van der Waals surface area contributed by atoms with Gasteiger partial charge in [-0.25, -0.2) is 4.98 Å². The Morgan fingerprint density at radius 1 is 1.19 bits per heavy atom. The van der Waals surface area contributed by atoms with E-state index in [4.69, 9.17) is 16.0 Å². The van der Waals surface area contributed by atoms with E-state index in [2.05, 4.69) is 32.9 Å². The summed E-state index contributed by atoms with van der Waals surface area (Å²) in [6.45, 7) is 4.10. The smallest absolute Gasteiger partial charge is 0.282 e. The van der Waals surface area contributed by atoms with E-state index in [1.165, 1.54) is 4.68 Å². The van der Waals surface area contributed by atoms with Gasteiger partial charge >= 0.3 is 0 Å². The van der Waals surface area contributed by atoms with Crippen LogP contribution < -0.4 is 5.56 Å². The Bertz CT molecular complexity index is 1340. The Hall–Kier alpha value is -2.70. The van der Waals surface area contributed by atoms with E-state index in [-0.39, 0.29) is 5.56 Å².